The van der Waals surface area contributed by atoms with Crippen LogP contribution < -0.4 is 0 Å². The summed E-state index contributed by atoms with van der Waals surface area (Å²) in [7, 11) is 0. The molecule has 0 aliphatic carbocycles. The zero-order valence-electron chi connectivity index (χ0n) is 15.2. The van der Waals surface area contributed by atoms with Crippen LogP contribution in [0.15, 0.2) is 42.6 Å². The third-order valence-corrected chi connectivity index (χ3v) is 5.03. The Morgan fingerprint density at radius 2 is 2.07 bits per heavy atom. The van der Waals surface area contributed by atoms with Crippen LogP contribution in [0.25, 0.3) is 0 Å². The van der Waals surface area contributed by atoms with E-state index in [1.165, 1.54) is 5.56 Å². The molecule has 1 amide bonds. The highest BCUT2D eigenvalue weighted by molar-refractivity contribution is 5.92. The summed E-state index contributed by atoms with van der Waals surface area (Å²) in [6, 6.07) is 12.2. The Balaban J connectivity index is 1.41. The molecule has 27 heavy (non-hydrogen) atoms. The number of piperidine rings is 1. The topological polar surface area (TPSA) is 92.6 Å². The van der Waals surface area contributed by atoms with Crippen molar-refractivity contribution in [1.82, 2.24) is 35.3 Å². The van der Waals surface area contributed by atoms with E-state index in [2.05, 4.69) is 37.9 Å². The number of aromatic amines is 1. The molecule has 1 saturated heterocycles. The van der Waals surface area contributed by atoms with Crippen LogP contribution in [0.2, 0.25) is 0 Å². The summed E-state index contributed by atoms with van der Waals surface area (Å²) in [5, 5.41) is 18.7. The van der Waals surface area contributed by atoms with Crippen molar-refractivity contribution in [3.63, 3.8) is 0 Å². The van der Waals surface area contributed by atoms with Crippen molar-refractivity contribution < 1.29 is 4.79 Å². The van der Waals surface area contributed by atoms with E-state index in [0.29, 0.717) is 17.9 Å². The molecule has 1 aliphatic heterocycles. The molecule has 8 nitrogen and oxygen atoms in total. The summed E-state index contributed by atoms with van der Waals surface area (Å²) < 4.78 is 1.85. The predicted octanol–water partition coefficient (Wildman–Crippen LogP) is 1.88. The summed E-state index contributed by atoms with van der Waals surface area (Å²) in [6.07, 6.45) is 6.47. The molecule has 1 N–H and O–H groups in total. The first-order chi connectivity index (χ1) is 13.3. The molecule has 1 aromatic carbocycles. The molecule has 4 rings (SSSR count). The van der Waals surface area contributed by atoms with E-state index in [-0.39, 0.29) is 11.9 Å². The first-order valence-corrected chi connectivity index (χ1v) is 9.40. The smallest absolute Gasteiger partial charge is 0.274 e. The minimum atomic E-state index is -0.0124. The number of hydrogen-bond donors (Lipinski definition) is 1. The molecule has 1 unspecified atom stereocenters. The van der Waals surface area contributed by atoms with Crippen LogP contribution >= 0.6 is 0 Å². The van der Waals surface area contributed by atoms with E-state index in [9.17, 15) is 4.79 Å². The zero-order valence-corrected chi connectivity index (χ0v) is 15.2. The number of aryl methyl sites for hydroxylation is 2. The summed E-state index contributed by atoms with van der Waals surface area (Å²) in [6.45, 7) is 1.50. The second kappa shape index (κ2) is 8.11. The first-order valence-electron chi connectivity index (χ1n) is 9.40. The molecule has 8 heteroatoms. The van der Waals surface area contributed by atoms with Crippen molar-refractivity contribution in [3.05, 3.63) is 59.7 Å². The summed E-state index contributed by atoms with van der Waals surface area (Å²) in [5.74, 6) is 0.634. The Bertz CT molecular complexity index is 859. The SMILES string of the molecule is O=C(c1ccn(CCc2ccccc2)n1)N1CCCCC1Cc1nn[nH]n1. The lowest BCUT2D eigenvalue weighted by atomic mass is 9.98. The van der Waals surface area contributed by atoms with Gasteiger partial charge in [-0.1, -0.05) is 35.5 Å². The number of rotatable bonds is 6. The largest absolute Gasteiger partial charge is 0.334 e. The number of H-pyrrole nitrogens is 1. The van der Waals surface area contributed by atoms with Crippen LogP contribution in [-0.2, 0) is 19.4 Å². The highest BCUT2D eigenvalue weighted by atomic mass is 16.2. The molecule has 1 atom stereocenters. The van der Waals surface area contributed by atoms with Gasteiger partial charge in [-0.3, -0.25) is 9.48 Å². The van der Waals surface area contributed by atoms with E-state index in [4.69, 9.17) is 0 Å². The van der Waals surface area contributed by atoms with Crippen LogP contribution in [0.5, 0.6) is 0 Å². The van der Waals surface area contributed by atoms with E-state index in [1.54, 1.807) is 0 Å². The van der Waals surface area contributed by atoms with Crippen LogP contribution in [0, 0.1) is 0 Å². The Labute approximate surface area is 157 Å². The molecule has 1 fully saturated rings. The molecule has 140 valence electrons. The molecule has 2 aromatic heterocycles. The molecule has 3 aromatic rings. The van der Waals surface area contributed by atoms with Crippen molar-refractivity contribution in [2.75, 3.05) is 6.54 Å². The molecule has 1 aliphatic rings. The first kappa shape index (κ1) is 17.4. The van der Waals surface area contributed by atoms with Gasteiger partial charge in [-0.25, -0.2) is 0 Å². The Morgan fingerprint density at radius 3 is 2.89 bits per heavy atom. The Hall–Kier alpha value is -3.03. The summed E-state index contributed by atoms with van der Waals surface area (Å²) in [5.41, 5.74) is 1.76. The van der Waals surface area contributed by atoms with Gasteiger partial charge in [0.25, 0.3) is 5.91 Å². The van der Waals surface area contributed by atoms with Crippen molar-refractivity contribution in [1.29, 1.82) is 0 Å². The molecular weight excluding hydrogens is 342 g/mol. The fourth-order valence-electron chi connectivity index (χ4n) is 3.60. The van der Waals surface area contributed by atoms with E-state index < -0.39 is 0 Å². The molecule has 0 bridgehead atoms. The number of aromatic nitrogens is 6. The maximum absolute atomic E-state index is 13.0. The van der Waals surface area contributed by atoms with Crippen molar-refractivity contribution in [2.45, 2.75) is 44.7 Å². The third kappa shape index (κ3) is 4.21. The average Bonchev–Trinajstić information content (AvgIpc) is 3.39. The molecule has 0 radical (unpaired) electrons. The number of amides is 1. The van der Waals surface area contributed by atoms with Gasteiger partial charge in [0.15, 0.2) is 5.82 Å². The lowest BCUT2D eigenvalue weighted by Crippen LogP contribution is -2.45. The van der Waals surface area contributed by atoms with Gasteiger partial charge in [-0.2, -0.15) is 10.3 Å². The second-order valence-electron chi connectivity index (χ2n) is 6.88. The van der Waals surface area contributed by atoms with Crippen molar-refractivity contribution in [3.8, 4) is 0 Å². The van der Waals surface area contributed by atoms with Gasteiger partial charge >= 0.3 is 0 Å². The van der Waals surface area contributed by atoms with Crippen LogP contribution in [0.1, 0.15) is 41.1 Å². The van der Waals surface area contributed by atoms with Gasteiger partial charge in [0.1, 0.15) is 5.69 Å². The maximum atomic E-state index is 13.0. The molecular formula is C19H23N7O. The van der Waals surface area contributed by atoms with Gasteiger partial charge in [0, 0.05) is 31.7 Å². The van der Waals surface area contributed by atoms with Crippen LogP contribution in [0.3, 0.4) is 0 Å². The monoisotopic (exact) mass is 365 g/mol. The third-order valence-electron chi connectivity index (χ3n) is 5.03. The van der Waals surface area contributed by atoms with Gasteiger partial charge in [-0.05, 0) is 37.3 Å². The highest BCUT2D eigenvalue weighted by Crippen LogP contribution is 2.21. The molecule has 0 spiro atoms. The van der Waals surface area contributed by atoms with E-state index in [0.717, 1.165) is 38.8 Å². The van der Waals surface area contributed by atoms with Crippen molar-refractivity contribution in [2.24, 2.45) is 0 Å². The minimum Gasteiger partial charge on any atom is -0.334 e. The van der Waals surface area contributed by atoms with Crippen molar-refractivity contribution >= 4 is 5.91 Å². The lowest BCUT2D eigenvalue weighted by molar-refractivity contribution is 0.0604. The Kier molecular flexibility index (Phi) is 5.22. The average molecular weight is 365 g/mol. The van der Waals surface area contributed by atoms with Crippen LogP contribution in [-0.4, -0.2) is 53.8 Å². The number of carbonyl (C=O) groups is 1. The fourth-order valence-corrected chi connectivity index (χ4v) is 3.60. The highest BCUT2D eigenvalue weighted by Gasteiger charge is 2.29. The number of nitrogens with zero attached hydrogens (tertiary/aromatic N) is 6. The standard InChI is InChI=1S/C19H23N7O/c27-19(26-11-5-4-8-16(26)14-18-20-23-24-21-18)17-10-13-25(22-17)12-9-15-6-2-1-3-7-15/h1-3,6-7,10,13,16H,4-5,8-9,11-12,14H2,(H,20,21,23,24). The van der Waals surface area contributed by atoms with Gasteiger partial charge in [-0.15, -0.1) is 10.2 Å². The number of hydrogen-bond acceptors (Lipinski definition) is 5. The van der Waals surface area contributed by atoms with Crippen LogP contribution in [0.4, 0.5) is 0 Å². The predicted molar refractivity (Wildman–Crippen MR) is 98.9 cm³/mol. The molecule has 3 heterocycles. The quantitative estimate of drug-likeness (QED) is 0.720. The molecule has 0 saturated carbocycles. The summed E-state index contributed by atoms with van der Waals surface area (Å²) in [4.78, 5) is 14.9. The summed E-state index contributed by atoms with van der Waals surface area (Å²) >= 11 is 0. The van der Waals surface area contributed by atoms with E-state index in [1.807, 2.05) is 40.0 Å². The normalized spacial score (nSPS) is 17.2. The zero-order chi connectivity index (χ0) is 18.5. The number of likely N-dealkylation sites (tertiary alicyclic amines) is 1. The number of nitrogens with one attached hydrogen (secondary N) is 1. The number of carbonyl (C=O) groups excluding carboxylic acids is 1. The minimum absolute atomic E-state index is 0.0124. The van der Waals surface area contributed by atoms with Gasteiger partial charge in [0.2, 0.25) is 0 Å². The number of benzene rings is 1. The second-order valence-corrected chi connectivity index (χ2v) is 6.88. The maximum Gasteiger partial charge on any atom is 0.274 e. The Morgan fingerprint density at radius 1 is 1.19 bits per heavy atom. The van der Waals surface area contributed by atoms with Gasteiger partial charge in [0.05, 0.1) is 0 Å². The van der Waals surface area contributed by atoms with E-state index >= 15 is 0 Å². The fraction of sp³-hybridized carbons (Fsp3) is 0.421. The van der Waals surface area contributed by atoms with Gasteiger partial charge < -0.3 is 4.90 Å². The number of tetrazole rings is 1. The lowest BCUT2D eigenvalue weighted by Gasteiger charge is -2.34.